The molecule has 0 saturated carbocycles. The second kappa shape index (κ2) is 3.75. The van der Waals surface area contributed by atoms with Crippen molar-refractivity contribution in [3.63, 3.8) is 0 Å². The Labute approximate surface area is 109 Å². The molecule has 0 spiro atoms. The first kappa shape index (κ1) is 11.6. The van der Waals surface area contributed by atoms with E-state index in [1.165, 1.54) is 12.1 Å². The number of aromatic amines is 1. The second-order valence-corrected chi connectivity index (χ2v) is 4.90. The number of rotatable bonds is 0. The predicted molar refractivity (Wildman–Crippen MR) is 68.5 cm³/mol. The summed E-state index contributed by atoms with van der Waals surface area (Å²) >= 11 is 3.37. The molecule has 0 radical (unpaired) electrons. The summed E-state index contributed by atoms with van der Waals surface area (Å²) in [4.78, 5) is 3.10. The van der Waals surface area contributed by atoms with Crippen LogP contribution in [-0.2, 0) is 6.18 Å². The quantitative estimate of drug-likeness (QED) is 0.594. The van der Waals surface area contributed by atoms with E-state index in [0.29, 0.717) is 10.9 Å². The topological polar surface area (TPSA) is 15.8 Å². The van der Waals surface area contributed by atoms with Gasteiger partial charge in [0, 0.05) is 26.3 Å². The third-order valence-electron chi connectivity index (χ3n) is 2.90. The summed E-state index contributed by atoms with van der Waals surface area (Å²) in [7, 11) is 0. The van der Waals surface area contributed by atoms with Crippen LogP contribution in [0.4, 0.5) is 13.2 Å². The molecule has 3 aromatic rings. The van der Waals surface area contributed by atoms with E-state index >= 15 is 0 Å². The summed E-state index contributed by atoms with van der Waals surface area (Å²) in [5.74, 6) is 0. The molecule has 0 aliphatic rings. The largest absolute Gasteiger partial charge is 0.416 e. The fourth-order valence-corrected chi connectivity index (χ4v) is 2.66. The summed E-state index contributed by atoms with van der Waals surface area (Å²) in [5.41, 5.74) is 0.884. The molecule has 18 heavy (non-hydrogen) atoms. The van der Waals surface area contributed by atoms with Crippen molar-refractivity contribution in [2.45, 2.75) is 6.18 Å². The van der Waals surface area contributed by atoms with Gasteiger partial charge in [-0.25, -0.2) is 0 Å². The zero-order valence-corrected chi connectivity index (χ0v) is 10.6. The van der Waals surface area contributed by atoms with Crippen LogP contribution in [0.15, 0.2) is 40.9 Å². The van der Waals surface area contributed by atoms with E-state index in [-0.39, 0.29) is 0 Å². The van der Waals surface area contributed by atoms with Gasteiger partial charge in [-0.15, -0.1) is 0 Å². The molecule has 0 atom stereocenters. The Bertz CT molecular complexity index is 743. The highest BCUT2D eigenvalue weighted by Gasteiger charge is 2.30. The van der Waals surface area contributed by atoms with Crippen LogP contribution in [0.3, 0.4) is 0 Å². The standard InChI is InChI=1S/C13H7BrF3N/c14-9-2-1-3-11-12(9)8-6-7(13(15,16)17)4-5-10(8)18-11/h1-6,18H. The zero-order chi connectivity index (χ0) is 12.9. The Morgan fingerprint density at radius 3 is 2.50 bits per heavy atom. The number of nitrogens with one attached hydrogen (secondary N) is 1. The fraction of sp³-hybridized carbons (Fsp3) is 0.0769. The molecule has 0 amide bonds. The molecule has 0 bridgehead atoms. The van der Waals surface area contributed by atoms with Gasteiger partial charge in [-0.1, -0.05) is 22.0 Å². The first-order valence-corrected chi connectivity index (χ1v) is 6.03. The van der Waals surface area contributed by atoms with Gasteiger partial charge in [0.05, 0.1) is 5.56 Å². The lowest BCUT2D eigenvalue weighted by molar-refractivity contribution is -0.137. The molecule has 3 rings (SSSR count). The SMILES string of the molecule is FC(F)(F)c1ccc2[nH]c3cccc(Br)c3c2c1. The first-order valence-electron chi connectivity index (χ1n) is 5.24. The number of H-pyrrole nitrogens is 1. The molecule has 2 aromatic carbocycles. The van der Waals surface area contributed by atoms with E-state index in [1.54, 1.807) is 0 Å². The summed E-state index contributed by atoms with van der Waals surface area (Å²) in [6, 6.07) is 9.23. The predicted octanol–water partition coefficient (Wildman–Crippen LogP) is 5.10. The maximum atomic E-state index is 12.7. The van der Waals surface area contributed by atoms with Crippen molar-refractivity contribution in [1.29, 1.82) is 0 Å². The van der Waals surface area contributed by atoms with Gasteiger partial charge in [-0.3, -0.25) is 0 Å². The van der Waals surface area contributed by atoms with Crippen LogP contribution in [0.25, 0.3) is 21.8 Å². The van der Waals surface area contributed by atoms with Crippen molar-refractivity contribution in [3.05, 3.63) is 46.4 Å². The average molecular weight is 314 g/mol. The molecule has 5 heteroatoms. The number of alkyl halides is 3. The molecule has 1 heterocycles. The molecule has 0 unspecified atom stereocenters. The summed E-state index contributed by atoms with van der Waals surface area (Å²) in [6.07, 6.45) is -4.32. The van der Waals surface area contributed by atoms with E-state index in [0.717, 1.165) is 21.4 Å². The fourth-order valence-electron chi connectivity index (χ4n) is 2.08. The Hall–Kier alpha value is -1.49. The van der Waals surface area contributed by atoms with Crippen LogP contribution >= 0.6 is 15.9 Å². The van der Waals surface area contributed by atoms with Crippen molar-refractivity contribution >= 4 is 37.7 Å². The average Bonchev–Trinajstić information content (AvgIpc) is 2.66. The highest BCUT2D eigenvalue weighted by molar-refractivity contribution is 9.10. The lowest BCUT2D eigenvalue weighted by Gasteiger charge is -2.06. The van der Waals surface area contributed by atoms with Gasteiger partial charge in [-0.2, -0.15) is 13.2 Å². The van der Waals surface area contributed by atoms with Crippen LogP contribution in [-0.4, -0.2) is 4.98 Å². The minimum Gasteiger partial charge on any atom is -0.354 e. The number of benzene rings is 2. The van der Waals surface area contributed by atoms with Crippen LogP contribution in [0.5, 0.6) is 0 Å². The Morgan fingerprint density at radius 2 is 1.78 bits per heavy atom. The van der Waals surface area contributed by atoms with Gasteiger partial charge in [-0.05, 0) is 30.3 Å². The second-order valence-electron chi connectivity index (χ2n) is 4.05. The van der Waals surface area contributed by atoms with Gasteiger partial charge in [0.25, 0.3) is 0 Å². The van der Waals surface area contributed by atoms with Crippen molar-refractivity contribution < 1.29 is 13.2 Å². The van der Waals surface area contributed by atoms with Crippen molar-refractivity contribution in [2.24, 2.45) is 0 Å². The molecule has 0 fully saturated rings. The first-order chi connectivity index (χ1) is 8.47. The molecular weight excluding hydrogens is 307 g/mol. The lowest BCUT2D eigenvalue weighted by Crippen LogP contribution is -2.03. The van der Waals surface area contributed by atoms with Crippen LogP contribution in [0, 0.1) is 0 Å². The maximum absolute atomic E-state index is 12.7. The van der Waals surface area contributed by atoms with E-state index in [2.05, 4.69) is 20.9 Å². The van der Waals surface area contributed by atoms with E-state index in [4.69, 9.17) is 0 Å². The van der Waals surface area contributed by atoms with Crippen molar-refractivity contribution in [2.75, 3.05) is 0 Å². The normalized spacial score (nSPS) is 12.4. The van der Waals surface area contributed by atoms with Crippen LogP contribution in [0.1, 0.15) is 5.56 Å². The monoisotopic (exact) mass is 313 g/mol. The molecule has 1 aromatic heterocycles. The molecule has 0 aliphatic heterocycles. The smallest absolute Gasteiger partial charge is 0.354 e. The maximum Gasteiger partial charge on any atom is 0.416 e. The number of halogens is 4. The van der Waals surface area contributed by atoms with Crippen LogP contribution < -0.4 is 0 Å². The third kappa shape index (κ3) is 1.70. The summed E-state index contributed by atoms with van der Waals surface area (Å²) < 4.78 is 38.9. The Balaban J connectivity index is 2.42. The van der Waals surface area contributed by atoms with Gasteiger partial charge in [0.2, 0.25) is 0 Å². The summed E-state index contributed by atoms with van der Waals surface area (Å²) in [6.45, 7) is 0. The van der Waals surface area contributed by atoms with Crippen molar-refractivity contribution in [3.8, 4) is 0 Å². The minimum absolute atomic E-state index is 0.576. The highest BCUT2D eigenvalue weighted by atomic mass is 79.9. The molecule has 0 aliphatic carbocycles. The Kier molecular flexibility index (Phi) is 2.41. The molecule has 0 saturated heterocycles. The molecule has 1 nitrogen and oxygen atoms in total. The minimum atomic E-state index is -4.32. The van der Waals surface area contributed by atoms with Gasteiger partial charge in [0.1, 0.15) is 0 Å². The van der Waals surface area contributed by atoms with Crippen LogP contribution in [0.2, 0.25) is 0 Å². The van der Waals surface area contributed by atoms with Gasteiger partial charge < -0.3 is 4.98 Å². The third-order valence-corrected chi connectivity index (χ3v) is 3.56. The van der Waals surface area contributed by atoms with Crippen molar-refractivity contribution in [1.82, 2.24) is 4.98 Å². The number of fused-ring (bicyclic) bond motifs is 3. The lowest BCUT2D eigenvalue weighted by atomic mass is 10.1. The number of aromatic nitrogens is 1. The molecule has 1 N–H and O–H groups in total. The number of hydrogen-bond acceptors (Lipinski definition) is 0. The molecule has 92 valence electrons. The van der Waals surface area contributed by atoms with E-state index in [1.807, 2.05) is 18.2 Å². The Morgan fingerprint density at radius 1 is 1.00 bits per heavy atom. The molecular formula is C13H7BrF3N. The van der Waals surface area contributed by atoms with Gasteiger partial charge >= 0.3 is 6.18 Å². The van der Waals surface area contributed by atoms with E-state index in [9.17, 15) is 13.2 Å². The van der Waals surface area contributed by atoms with Gasteiger partial charge in [0.15, 0.2) is 0 Å². The highest BCUT2D eigenvalue weighted by Crippen LogP contribution is 2.36. The zero-order valence-electron chi connectivity index (χ0n) is 8.98. The summed E-state index contributed by atoms with van der Waals surface area (Å²) in [5, 5.41) is 1.35. The number of hydrogen-bond donors (Lipinski definition) is 1. The van der Waals surface area contributed by atoms with E-state index < -0.39 is 11.7 Å².